The molecule has 0 aromatic rings. The van der Waals surface area contributed by atoms with Crippen LogP contribution in [-0.2, 0) is 14.4 Å². The number of carbonyl (C=O) groups excluding carboxylic acids is 3. The van der Waals surface area contributed by atoms with Crippen LogP contribution in [0.2, 0.25) is 0 Å². The topological polar surface area (TPSA) is 69.7 Å². The lowest BCUT2D eigenvalue weighted by Crippen LogP contribution is -2.52. The first kappa shape index (κ1) is 14.8. The van der Waals surface area contributed by atoms with E-state index in [0.717, 1.165) is 32.2 Å². The van der Waals surface area contributed by atoms with Crippen LogP contribution < -0.4 is 5.32 Å². The maximum atomic E-state index is 12.3. The van der Waals surface area contributed by atoms with Crippen molar-refractivity contribution in [2.24, 2.45) is 0 Å². The predicted molar refractivity (Wildman–Crippen MR) is 73.8 cm³/mol. The molecular weight excluding hydrogens is 258 g/mol. The van der Waals surface area contributed by atoms with Gasteiger partial charge in [-0.25, -0.2) is 0 Å². The van der Waals surface area contributed by atoms with E-state index in [4.69, 9.17) is 0 Å². The zero-order chi connectivity index (χ0) is 14.5. The van der Waals surface area contributed by atoms with Crippen LogP contribution in [0.3, 0.4) is 0 Å². The number of likely N-dealkylation sites (tertiary alicyclic amines) is 2. The summed E-state index contributed by atoms with van der Waals surface area (Å²) in [7, 11) is 0. The van der Waals surface area contributed by atoms with E-state index in [0.29, 0.717) is 19.5 Å². The van der Waals surface area contributed by atoms with Crippen molar-refractivity contribution in [3.63, 3.8) is 0 Å². The van der Waals surface area contributed by atoms with Gasteiger partial charge in [0.05, 0.1) is 6.54 Å². The zero-order valence-electron chi connectivity index (χ0n) is 12.1. The third kappa shape index (κ3) is 3.95. The van der Waals surface area contributed by atoms with Crippen LogP contribution in [0, 0.1) is 0 Å². The average molecular weight is 281 g/mol. The van der Waals surface area contributed by atoms with Gasteiger partial charge >= 0.3 is 0 Å². The Balaban J connectivity index is 1.85. The minimum absolute atomic E-state index is 0.00435. The number of rotatable bonds is 3. The summed E-state index contributed by atoms with van der Waals surface area (Å²) in [6.45, 7) is 3.64. The van der Waals surface area contributed by atoms with Gasteiger partial charge in [-0.1, -0.05) is 0 Å². The zero-order valence-corrected chi connectivity index (χ0v) is 12.1. The molecule has 0 bridgehead atoms. The predicted octanol–water partition coefficient (Wildman–Crippen LogP) is 0.126. The van der Waals surface area contributed by atoms with Crippen LogP contribution in [0.4, 0.5) is 0 Å². The lowest BCUT2D eigenvalue weighted by atomic mass is 10.1. The molecule has 2 rings (SSSR count). The molecule has 6 heteroatoms. The van der Waals surface area contributed by atoms with E-state index in [1.165, 1.54) is 6.92 Å². The van der Waals surface area contributed by atoms with E-state index >= 15 is 0 Å². The van der Waals surface area contributed by atoms with Crippen LogP contribution in [-0.4, -0.2) is 59.7 Å². The summed E-state index contributed by atoms with van der Waals surface area (Å²) < 4.78 is 0. The van der Waals surface area contributed by atoms with Crippen molar-refractivity contribution in [3.05, 3.63) is 0 Å². The molecular formula is C14H23N3O3. The van der Waals surface area contributed by atoms with Crippen LogP contribution >= 0.6 is 0 Å². The molecule has 112 valence electrons. The van der Waals surface area contributed by atoms with Crippen molar-refractivity contribution in [1.29, 1.82) is 0 Å². The number of nitrogens with one attached hydrogen (secondary N) is 1. The first-order valence-corrected chi connectivity index (χ1v) is 7.39. The number of carbonyl (C=O) groups is 3. The molecule has 1 atom stereocenters. The van der Waals surface area contributed by atoms with Crippen LogP contribution in [0.25, 0.3) is 0 Å². The molecule has 1 unspecified atom stereocenters. The van der Waals surface area contributed by atoms with Crippen molar-refractivity contribution in [1.82, 2.24) is 15.1 Å². The third-order valence-corrected chi connectivity index (χ3v) is 3.93. The first-order chi connectivity index (χ1) is 9.56. The van der Waals surface area contributed by atoms with E-state index in [1.54, 1.807) is 9.80 Å². The summed E-state index contributed by atoms with van der Waals surface area (Å²) in [5.41, 5.74) is 0. The monoisotopic (exact) mass is 281 g/mol. The fourth-order valence-corrected chi connectivity index (χ4v) is 2.90. The van der Waals surface area contributed by atoms with Crippen LogP contribution in [0.5, 0.6) is 0 Å². The number of nitrogens with zero attached hydrogens (tertiary/aromatic N) is 2. The molecule has 2 aliphatic rings. The van der Waals surface area contributed by atoms with Gasteiger partial charge in [-0.2, -0.15) is 0 Å². The number of piperidine rings is 2. The fourth-order valence-electron chi connectivity index (χ4n) is 2.90. The highest BCUT2D eigenvalue weighted by Crippen LogP contribution is 2.13. The summed E-state index contributed by atoms with van der Waals surface area (Å²) in [6.07, 6.45) is 4.27. The Bertz CT molecular complexity index is 397. The van der Waals surface area contributed by atoms with E-state index in [2.05, 4.69) is 5.32 Å². The Morgan fingerprint density at radius 3 is 2.75 bits per heavy atom. The molecule has 0 saturated carbocycles. The summed E-state index contributed by atoms with van der Waals surface area (Å²) in [4.78, 5) is 38.5. The van der Waals surface area contributed by atoms with Gasteiger partial charge in [0.1, 0.15) is 0 Å². The molecule has 6 nitrogen and oxygen atoms in total. The van der Waals surface area contributed by atoms with Gasteiger partial charge in [0, 0.05) is 39.0 Å². The Hall–Kier alpha value is -1.59. The lowest BCUT2D eigenvalue weighted by Gasteiger charge is -2.35. The van der Waals surface area contributed by atoms with Gasteiger partial charge in [-0.15, -0.1) is 0 Å². The van der Waals surface area contributed by atoms with Gasteiger partial charge < -0.3 is 15.1 Å². The second-order valence-corrected chi connectivity index (χ2v) is 5.65. The molecule has 0 spiro atoms. The minimum atomic E-state index is -0.0597. The largest absolute Gasteiger partial charge is 0.352 e. The Morgan fingerprint density at radius 1 is 1.25 bits per heavy atom. The molecule has 1 N–H and O–H groups in total. The third-order valence-electron chi connectivity index (χ3n) is 3.93. The number of hydrogen-bond acceptors (Lipinski definition) is 3. The molecule has 0 radical (unpaired) electrons. The Kier molecular flexibility index (Phi) is 4.98. The van der Waals surface area contributed by atoms with E-state index in [9.17, 15) is 14.4 Å². The van der Waals surface area contributed by atoms with Crippen molar-refractivity contribution in [2.45, 2.75) is 45.1 Å². The lowest BCUT2D eigenvalue weighted by molar-refractivity contribution is -0.142. The summed E-state index contributed by atoms with van der Waals surface area (Å²) in [5.74, 6) is 0.0193. The van der Waals surface area contributed by atoms with Gasteiger partial charge in [0.25, 0.3) is 0 Å². The molecule has 2 fully saturated rings. The van der Waals surface area contributed by atoms with Crippen molar-refractivity contribution in [2.75, 3.05) is 26.2 Å². The van der Waals surface area contributed by atoms with E-state index < -0.39 is 0 Å². The van der Waals surface area contributed by atoms with Gasteiger partial charge in [-0.3, -0.25) is 14.4 Å². The molecule has 2 heterocycles. The molecule has 3 amide bonds. The van der Waals surface area contributed by atoms with Crippen molar-refractivity contribution < 1.29 is 14.4 Å². The van der Waals surface area contributed by atoms with E-state index in [-0.39, 0.29) is 30.3 Å². The highest BCUT2D eigenvalue weighted by molar-refractivity contribution is 5.85. The standard InChI is InChI=1S/C14H23N3O3/c1-11(18)15-12-5-4-8-16(9-12)14(20)10-17-7-3-2-6-13(17)19/h12H,2-10H2,1H3,(H,15,18). The molecule has 20 heavy (non-hydrogen) atoms. The Morgan fingerprint density at radius 2 is 2.05 bits per heavy atom. The maximum absolute atomic E-state index is 12.3. The first-order valence-electron chi connectivity index (χ1n) is 7.39. The molecule has 0 aromatic heterocycles. The molecule has 2 saturated heterocycles. The van der Waals surface area contributed by atoms with E-state index in [1.807, 2.05) is 0 Å². The summed E-state index contributed by atoms with van der Waals surface area (Å²) >= 11 is 0. The smallest absolute Gasteiger partial charge is 0.242 e. The summed E-state index contributed by atoms with van der Waals surface area (Å²) in [5, 5.41) is 2.87. The maximum Gasteiger partial charge on any atom is 0.242 e. The highest BCUT2D eigenvalue weighted by Gasteiger charge is 2.27. The van der Waals surface area contributed by atoms with Gasteiger partial charge in [0.15, 0.2) is 0 Å². The van der Waals surface area contributed by atoms with Crippen LogP contribution in [0.1, 0.15) is 39.0 Å². The quantitative estimate of drug-likeness (QED) is 0.799. The van der Waals surface area contributed by atoms with Gasteiger partial charge in [0.2, 0.25) is 17.7 Å². The number of amides is 3. The fraction of sp³-hybridized carbons (Fsp3) is 0.786. The second-order valence-electron chi connectivity index (χ2n) is 5.65. The highest BCUT2D eigenvalue weighted by atomic mass is 16.2. The molecule has 2 aliphatic heterocycles. The molecule has 0 aromatic carbocycles. The summed E-state index contributed by atoms with van der Waals surface area (Å²) in [6, 6.07) is 0.0438. The minimum Gasteiger partial charge on any atom is -0.352 e. The SMILES string of the molecule is CC(=O)NC1CCCN(C(=O)CN2CCCCC2=O)C1. The van der Waals surface area contributed by atoms with Crippen LogP contribution in [0.15, 0.2) is 0 Å². The van der Waals surface area contributed by atoms with Crippen molar-refractivity contribution in [3.8, 4) is 0 Å². The molecule has 0 aliphatic carbocycles. The number of hydrogen-bond donors (Lipinski definition) is 1. The van der Waals surface area contributed by atoms with Gasteiger partial charge in [-0.05, 0) is 25.7 Å². The second kappa shape index (κ2) is 6.72. The average Bonchev–Trinajstić information content (AvgIpc) is 2.41. The Labute approximate surface area is 119 Å². The normalized spacial score (nSPS) is 23.6. The van der Waals surface area contributed by atoms with Crippen molar-refractivity contribution >= 4 is 17.7 Å².